The summed E-state index contributed by atoms with van der Waals surface area (Å²) in [5.41, 5.74) is 8.33. The number of aromatic nitrogens is 1. The van der Waals surface area contributed by atoms with Gasteiger partial charge in [0.1, 0.15) is 5.82 Å². The largest absolute Gasteiger partial charge is 0.354 e. The van der Waals surface area contributed by atoms with Crippen molar-refractivity contribution in [2.75, 3.05) is 31.1 Å². The lowest BCUT2D eigenvalue weighted by Gasteiger charge is -2.36. The van der Waals surface area contributed by atoms with Crippen LogP contribution in [-0.4, -0.2) is 42.1 Å². The Morgan fingerprint density at radius 2 is 2.00 bits per heavy atom. The number of anilines is 1. The van der Waals surface area contributed by atoms with E-state index < -0.39 is 0 Å². The van der Waals surface area contributed by atoms with E-state index >= 15 is 0 Å². The van der Waals surface area contributed by atoms with Crippen LogP contribution in [0, 0.1) is 6.92 Å². The van der Waals surface area contributed by atoms with E-state index in [9.17, 15) is 0 Å². The van der Waals surface area contributed by atoms with E-state index in [2.05, 4.69) is 21.7 Å². The molecule has 1 aliphatic heterocycles. The van der Waals surface area contributed by atoms with Crippen LogP contribution in [0.3, 0.4) is 0 Å². The molecule has 1 aromatic rings. The van der Waals surface area contributed by atoms with Gasteiger partial charge in [0.05, 0.1) is 0 Å². The number of nitrogens with two attached hydrogens (primary N) is 1. The first-order valence-corrected chi connectivity index (χ1v) is 6.93. The van der Waals surface area contributed by atoms with Gasteiger partial charge in [-0.25, -0.2) is 4.98 Å². The van der Waals surface area contributed by atoms with Crippen molar-refractivity contribution in [3.8, 4) is 0 Å². The van der Waals surface area contributed by atoms with Gasteiger partial charge in [-0.05, 0) is 31.4 Å². The minimum absolute atomic E-state index is 0.581. The van der Waals surface area contributed by atoms with Crippen molar-refractivity contribution >= 4 is 5.82 Å². The van der Waals surface area contributed by atoms with Crippen LogP contribution in [0.4, 0.5) is 5.82 Å². The van der Waals surface area contributed by atoms with Crippen molar-refractivity contribution in [1.82, 2.24) is 9.88 Å². The quantitative estimate of drug-likeness (QED) is 0.868. The second-order valence-electron chi connectivity index (χ2n) is 5.39. The van der Waals surface area contributed by atoms with Crippen LogP contribution < -0.4 is 10.6 Å². The first kappa shape index (κ1) is 11.9. The van der Waals surface area contributed by atoms with Crippen LogP contribution >= 0.6 is 0 Å². The zero-order chi connectivity index (χ0) is 12.5. The molecule has 2 heterocycles. The molecule has 1 saturated carbocycles. The molecule has 2 N–H and O–H groups in total. The number of aryl methyl sites for hydroxylation is 1. The lowest BCUT2D eigenvalue weighted by atomic mass is 10.1. The van der Waals surface area contributed by atoms with E-state index in [0.29, 0.717) is 6.54 Å². The Morgan fingerprint density at radius 3 is 2.61 bits per heavy atom. The third-order valence-electron chi connectivity index (χ3n) is 4.15. The van der Waals surface area contributed by atoms with Crippen molar-refractivity contribution in [3.63, 3.8) is 0 Å². The molecule has 2 fully saturated rings. The van der Waals surface area contributed by atoms with Gasteiger partial charge in [-0.3, -0.25) is 4.90 Å². The van der Waals surface area contributed by atoms with Crippen LogP contribution in [0.25, 0.3) is 0 Å². The third-order valence-corrected chi connectivity index (χ3v) is 4.15. The molecule has 0 spiro atoms. The maximum atomic E-state index is 5.87. The van der Waals surface area contributed by atoms with Gasteiger partial charge in [-0.2, -0.15) is 0 Å². The molecule has 1 saturated heterocycles. The van der Waals surface area contributed by atoms with E-state index in [1.165, 1.54) is 37.1 Å². The molecular weight excluding hydrogens is 224 g/mol. The summed E-state index contributed by atoms with van der Waals surface area (Å²) in [5.74, 6) is 1.10. The van der Waals surface area contributed by atoms with E-state index in [1.54, 1.807) is 0 Å². The second-order valence-corrected chi connectivity index (χ2v) is 5.39. The monoisotopic (exact) mass is 246 g/mol. The first-order valence-electron chi connectivity index (χ1n) is 6.93. The van der Waals surface area contributed by atoms with Gasteiger partial charge in [0.2, 0.25) is 0 Å². The molecule has 0 aromatic carbocycles. The maximum absolute atomic E-state index is 5.87. The Bertz CT molecular complexity index is 420. The van der Waals surface area contributed by atoms with Gasteiger partial charge in [-0.1, -0.05) is 0 Å². The van der Waals surface area contributed by atoms with Crippen LogP contribution in [0.15, 0.2) is 12.3 Å². The van der Waals surface area contributed by atoms with Crippen LogP contribution in [0.2, 0.25) is 0 Å². The van der Waals surface area contributed by atoms with E-state index in [1.807, 2.05) is 12.3 Å². The Kier molecular flexibility index (Phi) is 3.22. The predicted octanol–water partition coefficient (Wildman–Crippen LogP) is 1.13. The van der Waals surface area contributed by atoms with Crippen LogP contribution in [0.1, 0.15) is 24.0 Å². The topological polar surface area (TPSA) is 45.4 Å². The summed E-state index contributed by atoms with van der Waals surface area (Å²) in [7, 11) is 0. The molecule has 0 unspecified atom stereocenters. The van der Waals surface area contributed by atoms with Crippen molar-refractivity contribution in [3.05, 3.63) is 23.4 Å². The predicted molar refractivity (Wildman–Crippen MR) is 73.7 cm³/mol. The second kappa shape index (κ2) is 4.86. The molecule has 1 aliphatic carbocycles. The SMILES string of the molecule is Cc1ccnc(N2CCN(C3CC3)CC2)c1CN. The number of hydrogen-bond acceptors (Lipinski definition) is 4. The van der Waals surface area contributed by atoms with Gasteiger partial charge in [-0.15, -0.1) is 0 Å². The highest BCUT2D eigenvalue weighted by Crippen LogP contribution is 2.29. The summed E-state index contributed by atoms with van der Waals surface area (Å²) in [6, 6.07) is 2.93. The fraction of sp³-hybridized carbons (Fsp3) is 0.643. The summed E-state index contributed by atoms with van der Waals surface area (Å²) < 4.78 is 0. The minimum atomic E-state index is 0.581. The van der Waals surface area contributed by atoms with Crippen molar-refractivity contribution in [1.29, 1.82) is 0 Å². The molecule has 0 amide bonds. The van der Waals surface area contributed by atoms with Crippen molar-refractivity contribution < 1.29 is 0 Å². The van der Waals surface area contributed by atoms with Gasteiger partial charge in [0.15, 0.2) is 0 Å². The van der Waals surface area contributed by atoms with Gasteiger partial charge >= 0.3 is 0 Å². The Morgan fingerprint density at radius 1 is 1.28 bits per heavy atom. The fourth-order valence-corrected chi connectivity index (χ4v) is 2.84. The lowest BCUT2D eigenvalue weighted by Crippen LogP contribution is -2.47. The van der Waals surface area contributed by atoms with Crippen molar-refractivity contribution in [2.45, 2.75) is 32.4 Å². The molecule has 4 nitrogen and oxygen atoms in total. The minimum Gasteiger partial charge on any atom is -0.354 e. The highest BCUT2D eigenvalue weighted by molar-refractivity contribution is 5.50. The summed E-state index contributed by atoms with van der Waals surface area (Å²) in [6.07, 6.45) is 4.70. The zero-order valence-corrected chi connectivity index (χ0v) is 11.1. The third kappa shape index (κ3) is 2.22. The normalized spacial score (nSPS) is 21.3. The number of hydrogen-bond donors (Lipinski definition) is 1. The fourth-order valence-electron chi connectivity index (χ4n) is 2.84. The molecule has 2 aliphatic rings. The smallest absolute Gasteiger partial charge is 0.133 e. The van der Waals surface area contributed by atoms with E-state index in [0.717, 1.165) is 24.9 Å². The average Bonchev–Trinajstić information content (AvgIpc) is 3.23. The highest BCUT2D eigenvalue weighted by Gasteiger charge is 2.31. The summed E-state index contributed by atoms with van der Waals surface area (Å²) in [5, 5.41) is 0. The standard InChI is InChI=1S/C14H22N4/c1-11-4-5-16-14(13(11)10-15)18-8-6-17(7-9-18)12-2-3-12/h4-5,12H,2-3,6-10,15H2,1H3. The molecule has 98 valence electrons. The molecule has 0 bridgehead atoms. The molecular formula is C14H22N4. The average molecular weight is 246 g/mol. The molecule has 4 heteroatoms. The van der Waals surface area contributed by atoms with Crippen molar-refractivity contribution in [2.24, 2.45) is 5.73 Å². The highest BCUT2D eigenvalue weighted by atomic mass is 15.3. The van der Waals surface area contributed by atoms with Gasteiger partial charge in [0.25, 0.3) is 0 Å². The van der Waals surface area contributed by atoms with Crippen LogP contribution in [0.5, 0.6) is 0 Å². The number of nitrogens with zero attached hydrogens (tertiary/aromatic N) is 3. The Balaban J connectivity index is 1.73. The Hall–Kier alpha value is -1.13. The molecule has 18 heavy (non-hydrogen) atoms. The van der Waals surface area contributed by atoms with Crippen LogP contribution in [-0.2, 0) is 6.54 Å². The molecule has 0 radical (unpaired) electrons. The zero-order valence-electron chi connectivity index (χ0n) is 11.1. The molecule has 3 rings (SSSR count). The van der Waals surface area contributed by atoms with E-state index in [4.69, 9.17) is 5.73 Å². The number of pyridine rings is 1. The maximum Gasteiger partial charge on any atom is 0.133 e. The van der Waals surface area contributed by atoms with Gasteiger partial charge in [0, 0.05) is 50.5 Å². The molecule has 0 atom stereocenters. The molecule has 1 aromatic heterocycles. The lowest BCUT2D eigenvalue weighted by molar-refractivity contribution is 0.247. The number of rotatable bonds is 3. The van der Waals surface area contributed by atoms with E-state index in [-0.39, 0.29) is 0 Å². The summed E-state index contributed by atoms with van der Waals surface area (Å²) in [4.78, 5) is 9.56. The van der Waals surface area contributed by atoms with Gasteiger partial charge < -0.3 is 10.6 Å². The summed E-state index contributed by atoms with van der Waals surface area (Å²) >= 11 is 0. The first-order chi connectivity index (χ1) is 8.79. The Labute approximate surface area is 109 Å². The summed E-state index contributed by atoms with van der Waals surface area (Å²) in [6.45, 7) is 7.21. The number of piperazine rings is 1.